The maximum absolute atomic E-state index is 2.53. The van der Waals surface area contributed by atoms with Gasteiger partial charge in [0, 0.05) is 45.1 Å². The summed E-state index contributed by atoms with van der Waals surface area (Å²) >= 11 is 0. The van der Waals surface area contributed by atoms with Crippen LogP contribution in [0, 0.1) is 5.92 Å². The van der Waals surface area contributed by atoms with Crippen molar-refractivity contribution in [2.75, 3.05) is 4.90 Å². The fraction of sp³-hybridized carbons (Fsp3) is 0.0769. The minimum atomic E-state index is 0.279. The maximum Gasteiger partial charge on any atom is 0.0541 e. The number of allylic oxidation sites excluding steroid dienone is 6. The van der Waals surface area contributed by atoms with Crippen molar-refractivity contribution in [1.29, 1.82) is 0 Å². The van der Waals surface area contributed by atoms with E-state index in [0.717, 1.165) is 22.7 Å². The molecule has 2 atom stereocenters. The van der Waals surface area contributed by atoms with Crippen LogP contribution in [0.2, 0.25) is 0 Å². The van der Waals surface area contributed by atoms with E-state index in [1.165, 1.54) is 130 Å². The SMILES string of the molecule is C1=CC(C2=CCCCC2)C(c2ccc3c(c2)c2cc(-c4ccccc4-c4ccccc4)ccc2n3-c2ccc(N(c3ccccc3)c3ccc(-c4c5ccccc5c(-c5ccccc5)c5ccccc45)c4ccccc34)cc2)C=C1. The van der Waals surface area contributed by atoms with Crippen LogP contribution in [0.1, 0.15) is 37.2 Å². The van der Waals surface area contributed by atoms with Crippen LogP contribution in [0.25, 0.3) is 104 Å². The van der Waals surface area contributed by atoms with Gasteiger partial charge in [-0.05, 0) is 169 Å². The lowest BCUT2D eigenvalue weighted by Gasteiger charge is -2.29. The Hall–Kier alpha value is -9.76. The second-order valence-electron chi connectivity index (χ2n) is 21.7. The van der Waals surface area contributed by atoms with Crippen LogP contribution in [0.5, 0.6) is 0 Å². The smallest absolute Gasteiger partial charge is 0.0541 e. The second kappa shape index (κ2) is 20.2. The zero-order chi connectivity index (χ0) is 52.9. The highest BCUT2D eigenvalue weighted by Gasteiger charge is 2.27. The molecule has 0 amide bonds. The third-order valence-electron chi connectivity index (χ3n) is 17.2. The van der Waals surface area contributed by atoms with Gasteiger partial charge in [0.2, 0.25) is 0 Å². The molecule has 0 bridgehead atoms. The van der Waals surface area contributed by atoms with Crippen LogP contribution in [-0.2, 0) is 0 Å². The van der Waals surface area contributed by atoms with Gasteiger partial charge in [0.15, 0.2) is 0 Å². The van der Waals surface area contributed by atoms with Crippen molar-refractivity contribution in [3.05, 3.63) is 302 Å². The Morgan fingerprint density at radius 1 is 0.350 bits per heavy atom. The molecule has 2 nitrogen and oxygen atoms in total. The molecule has 2 aliphatic rings. The Bertz CT molecular complexity index is 4520. The zero-order valence-electron chi connectivity index (χ0n) is 44.6. The van der Waals surface area contributed by atoms with Gasteiger partial charge in [0.1, 0.15) is 0 Å². The summed E-state index contributed by atoms with van der Waals surface area (Å²) in [6.07, 6.45) is 16.8. The summed E-state index contributed by atoms with van der Waals surface area (Å²) in [5, 5.41) is 9.92. The van der Waals surface area contributed by atoms with E-state index in [1.54, 1.807) is 5.57 Å². The van der Waals surface area contributed by atoms with Gasteiger partial charge in [-0.2, -0.15) is 0 Å². The first-order chi connectivity index (χ1) is 39.7. The van der Waals surface area contributed by atoms with Crippen molar-refractivity contribution in [3.63, 3.8) is 0 Å². The molecule has 2 heteroatoms. The molecular weight excluding hydrogens is 965 g/mol. The molecule has 1 heterocycles. The normalized spacial score (nSPS) is 15.3. The summed E-state index contributed by atoms with van der Waals surface area (Å²) in [5.74, 6) is 0.653. The molecule has 2 aliphatic carbocycles. The van der Waals surface area contributed by atoms with Gasteiger partial charge in [0.05, 0.1) is 16.7 Å². The van der Waals surface area contributed by atoms with E-state index in [-0.39, 0.29) is 5.92 Å². The molecule has 0 aliphatic heterocycles. The van der Waals surface area contributed by atoms with Crippen molar-refractivity contribution in [1.82, 2.24) is 4.57 Å². The summed E-state index contributed by atoms with van der Waals surface area (Å²) in [6.45, 7) is 0. The Kier molecular flexibility index (Phi) is 12.0. The number of fused-ring (bicyclic) bond motifs is 6. The van der Waals surface area contributed by atoms with Crippen molar-refractivity contribution in [2.24, 2.45) is 5.92 Å². The van der Waals surface area contributed by atoms with Gasteiger partial charge in [0.25, 0.3) is 0 Å². The molecule has 80 heavy (non-hydrogen) atoms. The highest BCUT2D eigenvalue weighted by atomic mass is 15.1. The van der Waals surface area contributed by atoms with Crippen LogP contribution in [-0.4, -0.2) is 4.57 Å². The van der Waals surface area contributed by atoms with Gasteiger partial charge in [-0.1, -0.05) is 230 Å². The molecule has 12 aromatic carbocycles. The molecule has 380 valence electrons. The summed E-state index contributed by atoms with van der Waals surface area (Å²) in [6, 6.07) is 96.7. The molecule has 0 saturated heterocycles. The van der Waals surface area contributed by atoms with Crippen molar-refractivity contribution in [3.8, 4) is 50.2 Å². The summed E-state index contributed by atoms with van der Waals surface area (Å²) in [4.78, 5) is 2.43. The molecule has 2 unspecified atom stereocenters. The second-order valence-corrected chi connectivity index (χ2v) is 21.7. The standard InChI is InChI=1S/C78H58N2/c1-5-23-53(24-6-1)61-31-13-15-33-63(61)56-41-48-75-72(51-56)73-52-57(64-34-16-14-32-62(64)54-25-7-2-8-26-54)42-49-76(73)80(75)60-45-43-59(44-46-60)79(58-29-11-4-12-30-58)74-50-47-71(65-35-17-18-36-66(65)74)78-69-39-21-19-37-67(69)77(55-27-9-3-10-28-55)68-38-20-22-40-70(68)78/h1,3-6,9-25,27-52,62,64H,2,7-8,26H2. The van der Waals surface area contributed by atoms with Crippen LogP contribution in [0.3, 0.4) is 0 Å². The number of rotatable bonds is 10. The first-order valence-corrected chi connectivity index (χ1v) is 28.5. The third kappa shape index (κ3) is 8.18. The van der Waals surface area contributed by atoms with E-state index in [4.69, 9.17) is 0 Å². The van der Waals surface area contributed by atoms with Crippen LogP contribution < -0.4 is 4.90 Å². The zero-order valence-corrected chi connectivity index (χ0v) is 44.6. The average molecular weight is 1020 g/mol. The fourth-order valence-electron chi connectivity index (χ4n) is 13.5. The van der Waals surface area contributed by atoms with E-state index in [1.807, 2.05) is 0 Å². The van der Waals surface area contributed by atoms with Gasteiger partial charge in [-0.25, -0.2) is 0 Å². The first kappa shape index (κ1) is 47.5. The number of nitrogens with zero attached hydrogens (tertiary/aromatic N) is 2. The molecule has 0 N–H and O–H groups in total. The van der Waals surface area contributed by atoms with E-state index in [9.17, 15) is 0 Å². The predicted molar refractivity (Wildman–Crippen MR) is 341 cm³/mol. The van der Waals surface area contributed by atoms with Gasteiger partial charge >= 0.3 is 0 Å². The number of benzene rings is 12. The third-order valence-corrected chi connectivity index (χ3v) is 17.2. The molecule has 1 aromatic heterocycles. The molecule has 0 fully saturated rings. The van der Waals surface area contributed by atoms with E-state index in [0.29, 0.717) is 5.92 Å². The lowest BCUT2D eigenvalue weighted by molar-refractivity contribution is 0.582. The van der Waals surface area contributed by atoms with E-state index >= 15 is 0 Å². The molecule has 0 saturated carbocycles. The predicted octanol–water partition coefficient (Wildman–Crippen LogP) is 21.7. The Labute approximate surface area is 468 Å². The monoisotopic (exact) mass is 1020 g/mol. The molecular formula is C78H58N2. The number of para-hydroxylation sites is 1. The molecule has 15 rings (SSSR count). The van der Waals surface area contributed by atoms with E-state index in [2.05, 4.69) is 301 Å². The Morgan fingerprint density at radius 3 is 1.55 bits per heavy atom. The largest absolute Gasteiger partial charge is 0.310 e. The van der Waals surface area contributed by atoms with Gasteiger partial charge in [-0.15, -0.1) is 0 Å². The quantitative estimate of drug-likeness (QED) is 0.0979. The number of anilines is 3. The fourth-order valence-corrected chi connectivity index (χ4v) is 13.5. The van der Waals surface area contributed by atoms with Crippen molar-refractivity contribution in [2.45, 2.75) is 31.6 Å². The summed E-state index contributed by atoms with van der Waals surface area (Å²) in [5.41, 5.74) is 19.7. The average Bonchev–Trinajstić information content (AvgIpc) is 4.06. The lowest BCUT2D eigenvalue weighted by atomic mass is 9.75. The topological polar surface area (TPSA) is 8.17 Å². The minimum Gasteiger partial charge on any atom is -0.310 e. The highest BCUT2D eigenvalue weighted by molar-refractivity contribution is 6.24. The van der Waals surface area contributed by atoms with Crippen LogP contribution >= 0.6 is 0 Å². The molecule has 0 spiro atoms. The van der Waals surface area contributed by atoms with Crippen molar-refractivity contribution < 1.29 is 0 Å². The molecule has 13 aromatic rings. The Morgan fingerprint density at radius 2 is 0.887 bits per heavy atom. The summed E-state index contributed by atoms with van der Waals surface area (Å²) < 4.78 is 2.48. The van der Waals surface area contributed by atoms with Crippen LogP contribution in [0.4, 0.5) is 17.1 Å². The number of hydrogen-bond donors (Lipinski definition) is 0. The first-order valence-electron chi connectivity index (χ1n) is 28.5. The van der Waals surface area contributed by atoms with Gasteiger partial charge in [-0.3, -0.25) is 0 Å². The molecule has 0 radical (unpaired) electrons. The van der Waals surface area contributed by atoms with Crippen LogP contribution in [0.15, 0.2) is 297 Å². The minimum absolute atomic E-state index is 0.279. The van der Waals surface area contributed by atoms with Gasteiger partial charge < -0.3 is 9.47 Å². The Balaban J connectivity index is 0.880. The number of aromatic nitrogens is 1. The van der Waals surface area contributed by atoms with Crippen molar-refractivity contribution >= 4 is 71.2 Å². The maximum atomic E-state index is 2.53. The lowest BCUT2D eigenvalue weighted by Crippen LogP contribution is -2.15. The number of hydrogen-bond acceptors (Lipinski definition) is 1. The van der Waals surface area contributed by atoms with E-state index < -0.39 is 0 Å². The highest BCUT2D eigenvalue weighted by Crippen LogP contribution is 2.49. The summed E-state index contributed by atoms with van der Waals surface area (Å²) in [7, 11) is 0.